The van der Waals surface area contributed by atoms with Crippen LogP contribution in [0.5, 0.6) is 5.75 Å². The number of fused-ring (bicyclic) bond motifs is 1. The number of Topliss-reactive ketones (excluding diaryl/α,β-unsaturated/α-hetero) is 1. The van der Waals surface area contributed by atoms with Crippen LogP contribution in [0.4, 0.5) is 0 Å². The Morgan fingerprint density at radius 3 is 2.56 bits per heavy atom. The van der Waals surface area contributed by atoms with E-state index in [1.807, 2.05) is 43.3 Å². The van der Waals surface area contributed by atoms with E-state index in [0.29, 0.717) is 11.4 Å². The minimum atomic E-state index is -0.132. The molecule has 0 amide bonds. The molecule has 0 saturated carbocycles. The molecule has 0 saturated heterocycles. The number of ether oxygens (including phenoxy) is 1. The third-order valence-electron chi connectivity index (χ3n) is 2.73. The van der Waals surface area contributed by atoms with Crippen molar-refractivity contribution in [2.24, 2.45) is 0 Å². The summed E-state index contributed by atoms with van der Waals surface area (Å²) < 4.78 is 5.81. The molecule has 2 nitrogen and oxygen atoms in total. The van der Waals surface area contributed by atoms with Gasteiger partial charge in [-0.25, -0.2) is 0 Å². The zero-order valence-corrected chi connectivity index (χ0v) is 11.2. The molecule has 2 aromatic rings. The van der Waals surface area contributed by atoms with Crippen molar-refractivity contribution in [3.63, 3.8) is 0 Å². The molecule has 0 heterocycles. The van der Waals surface area contributed by atoms with Crippen LogP contribution in [0.25, 0.3) is 10.8 Å². The van der Waals surface area contributed by atoms with Crippen molar-refractivity contribution in [3.05, 3.63) is 41.4 Å². The molecule has 94 valence electrons. The van der Waals surface area contributed by atoms with Crippen LogP contribution in [0.15, 0.2) is 36.4 Å². The van der Waals surface area contributed by atoms with Crippen LogP contribution < -0.4 is 4.74 Å². The minimum Gasteiger partial charge on any atom is -0.490 e. The summed E-state index contributed by atoms with van der Waals surface area (Å²) in [4.78, 5) is 11.1. The summed E-state index contributed by atoms with van der Waals surface area (Å²) in [6.07, 6.45) is 0.281. The average molecular weight is 263 g/mol. The van der Waals surface area contributed by atoms with Gasteiger partial charge in [-0.2, -0.15) is 0 Å². The summed E-state index contributed by atoms with van der Waals surface area (Å²) >= 11 is 6.14. The van der Waals surface area contributed by atoms with Gasteiger partial charge in [0.05, 0.1) is 0 Å². The number of hydrogen-bond acceptors (Lipinski definition) is 2. The summed E-state index contributed by atoms with van der Waals surface area (Å²) in [6, 6.07) is 11.5. The summed E-state index contributed by atoms with van der Waals surface area (Å²) in [5.41, 5.74) is 0. The van der Waals surface area contributed by atoms with Gasteiger partial charge in [-0.1, -0.05) is 35.9 Å². The van der Waals surface area contributed by atoms with E-state index < -0.39 is 0 Å². The van der Waals surface area contributed by atoms with Crippen LogP contribution >= 0.6 is 11.6 Å². The van der Waals surface area contributed by atoms with Crippen LogP contribution in [0.3, 0.4) is 0 Å². The molecular formula is C15H15ClO2. The number of carbonyl (C=O) groups is 1. The lowest BCUT2D eigenvalue weighted by Gasteiger charge is -2.15. The van der Waals surface area contributed by atoms with Crippen molar-refractivity contribution in [2.45, 2.75) is 26.4 Å². The maximum absolute atomic E-state index is 11.1. The number of ketones is 1. The highest BCUT2D eigenvalue weighted by molar-refractivity contribution is 6.35. The van der Waals surface area contributed by atoms with E-state index in [4.69, 9.17) is 16.3 Å². The lowest BCUT2D eigenvalue weighted by molar-refractivity contribution is -0.118. The van der Waals surface area contributed by atoms with E-state index in [0.717, 1.165) is 16.5 Å². The summed E-state index contributed by atoms with van der Waals surface area (Å²) in [5.74, 6) is 0.893. The molecule has 0 spiro atoms. The number of benzene rings is 2. The van der Waals surface area contributed by atoms with Gasteiger partial charge in [0.1, 0.15) is 17.6 Å². The summed E-state index contributed by atoms with van der Waals surface area (Å²) in [7, 11) is 0. The van der Waals surface area contributed by atoms with Crippen molar-refractivity contribution in [2.75, 3.05) is 0 Å². The predicted molar refractivity (Wildman–Crippen MR) is 74.3 cm³/mol. The van der Waals surface area contributed by atoms with Crippen LogP contribution in [-0.4, -0.2) is 11.9 Å². The second-order valence-electron chi connectivity index (χ2n) is 4.43. The van der Waals surface area contributed by atoms with E-state index in [2.05, 4.69) is 0 Å². The van der Waals surface area contributed by atoms with Crippen molar-refractivity contribution < 1.29 is 9.53 Å². The molecule has 2 aromatic carbocycles. The second kappa shape index (κ2) is 5.40. The highest BCUT2D eigenvalue weighted by Crippen LogP contribution is 2.31. The second-order valence-corrected chi connectivity index (χ2v) is 4.83. The topological polar surface area (TPSA) is 26.3 Å². The number of halogens is 1. The van der Waals surface area contributed by atoms with Gasteiger partial charge in [0.15, 0.2) is 0 Å². The Bertz CT molecular complexity index is 578. The SMILES string of the molecule is CC(=O)CC(C)Oc1ccc(Cl)c2ccccc12. The monoisotopic (exact) mass is 262 g/mol. The Hall–Kier alpha value is -1.54. The maximum atomic E-state index is 11.1. The van der Waals surface area contributed by atoms with Crippen molar-refractivity contribution in [1.29, 1.82) is 0 Å². The number of carbonyl (C=O) groups excluding carboxylic acids is 1. The van der Waals surface area contributed by atoms with Crippen LogP contribution in [-0.2, 0) is 4.79 Å². The standard InChI is InChI=1S/C15H15ClO2/c1-10(17)9-11(2)18-15-8-7-14(16)12-5-3-4-6-13(12)15/h3-8,11H,9H2,1-2H3. The molecule has 0 fully saturated rings. The lowest BCUT2D eigenvalue weighted by atomic mass is 10.1. The van der Waals surface area contributed by atoms with Crippen LogP contribution in [0, 0.1) is 0 Å². The predicted octanol–water partition coefficient (Wildman–Crippen LogP) is 4.24. The van der Waals surface area contributed by atoms with E-state index in [-0.39, 0.29) is 11.9 Å². The zero-order valence-electron chi connectivity index (χ0n) is 10.4. The first kappa shape index (κ1) is 12.9. The molecular weight excluding hydrogens is 248 g/mol. The molecule has 0 bridgehead atoms. The van der Waals surface area contributed by atoms with Gasteiger partial charge in [0.25, 0.3) is 0 Å². The molecule has 0 aromatic heterocycles. The molecule has 1 unspecified atom stereocenters. The Morgan fingerprint density at radius 1 is 1.22 bits per heavy atom. The number of hydrogen-bond donors (Lipinski definition) is 0. The third kappa shape index (κ3) is 2.82. The fourth-order valence-electron chi connectivity index (χ4n) is 2.00. The maximum Gasteiger partial charge on any atom is 0.133 e. The molecule has 0 aliphatic heterocycles. The third-order valence-corrected chi connectivity index (χ3v) is 3.06. The zero-order chi connectivity index (χ0) is 13.1. The summed E-state index contributed by atoms with van der Waals surface area (Å²) in [6.45, 7) is 3.46. The Labute approximate surface area is 112 Å². The van der Waals surface area contributed by atoms with E-state index >= 15 is 0 Å². The molecule has 0 aliphatic carbocycles. The fourth-order valence-corrected chi connectivity index (χ4v) is 2.23. The smallest absolute Gasteiger partial charge is 0.133 e. The van der Waals surface area contributed by atoms with Gasteiger partial charge in [-0.3, -0.25) is 4.79 Å². The summed E-state index contributed by atoms with van der Waals surface area (Å²) in [5, 5.41) is 2.64. The first-order chi connectivity index (χ1) is 8.58. The molecule has 18 heavy (non-hydrogen) atoms. The normalized spacial score (nSPS) is 12.4. The van der Waals surface area contributed by atoms with E-state index in [1.165, 1.54) is 0 Å². The number of rotatable bonds is 4. The molecule has 2 rings (SSSR count). The fraction of sp³-hybridized carbons (Fsp3) is 0.267. The van der Waals surface area contributed by atoms with E-state index in [1.54, 1.807) is 6.92 Å². The van der Waals surface area contributed by atoms with Gasteiger partial charge < -0.3 is 4.74 Å². The van der Waals surface area contributed by atoms with Crippen molar-refractivity contribution in [3.8, 4) is 5.75 Å². The Balaban J connectivity index is 2.34. The molecule has 1 atom stereocenters. The van der Waals surface area contributed by atoms with Crippen LogP contribution in [0.1, 0.15) is 20.3 Å². The van der Waals surface area contributed by atoms with Gasteiger partial charge in [-0.15, -0.1) is 0 Å². The van der Waals surface area contributed by atoms with E-state index in [9.17, 15) is 4.79 Å². The average Bonchev–Trinajstić information content (AvgIpc) is 2.32. The van der Waals surface area contributed by atoms with Gasteiger partial charge in [-0.05, 0) is 26.0 Å². The van der Waals surface area contributed by atoms with Gasteiger partial charge in [0, 0.05) is 22.2 Å². The molecule has 0 radical (unpaired) electrons. The molecule has 3 heteroatoms. The highest BCUT2D eigenvalue weighted by Gasteiger charge is 2.10. The lowest BCUT2D eigenvalue weighted by Crippen LogP contribution is -2.15. The first-order valence-corrected chi connectivity index (χ1v) is 6.29. The van der Waals surface area contributed by atoms with Crippen LogP contribution in [0.2, 0.25) is 5.02 Å². The largest absolute Gasteiger partial charge is 0.490 e. The quantitative estimate of drug-likeness (QED) is 0.824. The Kier molecular flexibility index (Phi) is 3.87. The van der Waals surface area contributed by atoms with Crippen molar-refractivity contribution in [1.82, 2.24) is 0 Å². The first-order valence-electron chi connectivity index (χ1n) is 5.91. The highest BCUT2D eigenvalue weighted by atomic mass is 35.5. The molecule has 0 aliphatic rings. The Morgan fingerprint density at radius 2 is 1.89 bits per heavy atom. The minimum absolute atomic E-state index is 0.126. The van der Waals surface area contributed by atoms with Crippen molar-refractivity contribution >= 4 is 28.2 Å². The van der Waals surface area contributed by atoms with Gasteiger partial charge >= 0.3 is 0 Å². The molecule has 0 N–H and O–H groups in total. The van der Waals surface area contributed by atoms with Gasteiger partial charge in [0.2, 0.25) is 0 Å².